The van der Waals surface area contributed by atoms with Crippen molar-refractivity contribution in [2.75, 3.05) is 6.54 Å². The number of hydrogen-bond acceptors (Lipinski definition) is 2. The Hall–Kier alpha value is -1.61. The van der Waals surface area contributed by atoms with Gasteiger partial charge in [-0.05, 0) is 24.9 Å². The van der Waals surface area contributed by atoms with Crippen molar-refractivity contribution in [1.82, 2.24) is 9.97 Å². The Morgan fingerprint density at radius 2 is 1.89 bits per heavy atom. The Morgan fingerprint density at radius 3 is 2.44 bits per heavy atom. The summed E-state index contributed by atoms with van der Waals surface area (Å²) in [6.45, 7) is 7.02. The second-order valence-corrected chi connectivity index (χ2v) is 4.96. The highest BCUT2D eigenvalue weighted by atomic mass is 14.9. The van der Waals surface area contributed by atoms with Crippen LogP contribution in [-0.2, 0) is 6.42 Å². The van der Waals surface area contributed by atoms with Gasteiger partial charge in [0.25, 0.3) is 0 Å². The lowest BCUT2D eigenvalue weighted by Crippen LogP contribution is -2.04. The van der Waals surface area contributed by atoms with Gasteiger partial charge >= 0.3 is 0 Å². The number of aromatic amines is 1. The van der Waals surface area contributed by atoms with Crippen LogP contribution in [0.25, 0.3) is 11.3 Å². The summed E-state index contributed by atoms with van der Waals surface area (Å²) in [7, 11) is 0. The molecule has 0 spiro atoms. The highest BCUT2D eigenvalue weighted by Crippen LogP contribution is 2.24. The minimum Gasteiger partial charge on any atom is -0.346 e. The first-order valence-electron chi connectivity index (χ1n) is 6.47. The van der Waals surface area contributed by atoms with Crippen LogP contribution in [0.1, 0.15) is 36.8 Å². The highest BCUT2D eigenvalue weighted by molar-refractivity contribution is 5.62. The predicted octanol–water partition coefficient (Wildman–Crippen LogP) is 3.01. The molecule has 0 bridgehead atoms. The molecule has 0 aliphatic rings. The minimum atomic E-state index is 0.559. The summed E-state index contributed by atoms with van der Waals surface area (Å²) in [6.07, 6.45) is 0.835. The number of hydrogen-bond donors (Lipinski definition) is 2. The molecule has 0 atom stereocenters. The van der Waals surface area contributed by atoms with Crippen LogP contribution in [0.4, 0.5) is 0 Å². The molecular formula is C15H21N3. The Bertz CT molecular complexity index is 509. The third-order valence-corrected chi connectivity index (χ3v) is 3.14. The molecule has 0 radical (unpaired) electrons. The average molecular weight is 243 g/mol. The summed E-state index contributed by atoms with van der Waals surface area (Å²) in [6, 6.07) is 8.64. The van der Waals surface area contributed by atoms with Crippen molar-refractivity contribution in [3.63, 3.8) is 0 Å². The summed E-state index contributed by atoms with van der Waals surface area (Å²) in [5.74, 6) is 1.50. The number of aryl methyl sites for hydroxylation is 1. The molecule has 0 aliphatic carbocycles. The van der Waals surface area contributed by atoms with Crippen LogP contribution in [0.3, 0.4) is 0 Å². The third-order valence-electron chi connectivity index (χ3n) is 3.14. The van der Waals surface area contributed by atoms with Gasteiger partial charge in [-0.2, -0.15) is 0 Å². The number of H-pyrrole nitrogens is 1. The number of nitrogens with one attached hydrogen (secondary N) is 1. The van der Waals surface area contributed by atoms with Crippen LogP contribution in [-0.4, -0.2) is 16.5 Å². The van der Waals surface area contributed by atoms with Gasteiger partial charge in [-0.15, -0.1) is 0 Å². The van der Waals surface area contributed by atoms with Crippen LogP contribution >= 0.6 is 0 Å². The molecule has 0 aliphatic heterocycles. The molecule has 18 heavy (non-hydrogen) atoms. The Labute approximate surface area is 108 Å². The topological polar surface area (TPSA) is 54.7 Å². The normalized spacial score (nSPS) is 11.2. The maximum atomic E-state index is 5.63. The van der Waals surface area contributed by atoms with E-state index in [0.717, 1.165) is 29.2 Å². The fourth-order valence-electron chi connectivity index (χ4n) is 2.13. The van der Waals surface area contributed by atoms with Gasteiger partial charge in [0, 0.05) is 17.7 Å². The summed E-state index contributed by atoms with van der Waals surface area (Å²) in [4.78, 5) is 7.85. The first-order valence-corrected chi connectivity index (χ1v) is 6.47. The number of imidazole rings is 1. The van der Waals surface area contributed by atoms with Crippen LogP contribution in [0, 0.1) is 6.92 Å². The lowest BCUT2D eigenvalue weighted by atomic mass is 10.00. The second kappa shape index (κ2) is 5.36. The monoisotopic (exact) mass is 243 g/mol. The smallest absolute Gasteiger partial charge is 0.103 e. The summed E-state index contributed by atoms with van der Waals surface area (Å²) >= 11 is 0. The van der Waals surface area contributed by atoms with E-state index < -0.39 is 0 Å². The zero-order chi connectivity index (χ0) is 13.1. The molecule has 1 aromatic carbocycles. The molecule has 2 rings (SSSR count). The van der Waals surface area contributed by atoms with Gasteiger partial charge < -0.3 is 10.7 Å². The fraction of sp³-hybridized carbons (Fsp3) is 0.400. The van der Waals surface area contributed by atoms with E-state index >= 15 is 0 Å². The molecule has 0 saturated heterocycles. The summed E-state index contributed by atoms with van der Waals surface area (Å²) in [5.41, 5.74) is 10.3. The van der Waals surface area contributed by atoms with Crippen molar-refractivity contribution < 1.29 is 0 Å². The SMILES string of the molecule is Cc1nc(-c2ccc(C(C)C)cc2)c(CCN)[nH]1. The summed E-state index contributed by atoms with van der Waals surface area (Å²) in [5, 5.41) is 0. The van der Waals surface area contributed by atoms with Crippen LogP contribution in [0.15, 0.2) is 24.3 Å². The zero-order valence-corrected chi connectivity index (χ0v) is 11.3. The van der Waals surface area contributed by atoms with Crippen molar-refractivity contribution in [3.05, 3.63) is 41.3 Å². The largest absolute Gasteiger partial charge is 0.346 e. The van der Waals surface area contributed by atoms with Gasteiger partial charge in [-0.1, -0.05) is 38.1 Å². The molecule has 0 unspecified atom stereocenters. The van der Waals surface area contributed by atoms with Gasteiger partial charge in [0.15, 0.2) is 0 Å². The van der Waals surface area contributed by atoms with E-state index in [1.165, 1.54) is 5.56 Å². The van der Waals surface area contributed by atoms with Crippen LogP contribution in [0.5, 0.6) is 0 Å². The average Bonchev–Trinajstić information content (AvgIpc) is 2.71. The number of benzene rings is 1. The van der Waals surface area contributed by atoms with E-state index in [9.17, 15) is 0 Å². The lowest BCUT2D eigenvalue weighted by molar-refractivity contribution is 0.867. The number of rotatable bonds is 4. The number of nitrogens with zero attached hydrogens (tertiary/aromatic N) is 1. The molecule has 1 heterocycles. The predicted molar refractivity (Wildman–Crippen MR) is 75.6 cm³/mol. The van der Waals surface area contributed by atoms with Crippen molar-refractivity contribution in [2.24, 2.45) is 5.73 Å². The van der Waals surface area contributed by atoms with Gasteiger partial charge in [0.1, 0.15) is 5.82 Å². The van der Waals surface area contributed by atoms with E-state index in [2.05, 4.69) is 48.1 Å². The highest BCUT2D eigenvalue weighted by Gasteiger charge is 2.10. The molecule has 3 nitrogen and oxygen atoms in total. The molecule has 3 heteroatoms. The molecular weight excluding hydrogens is 222 g/mol. The van der Waals surface area contributed by atoms with Crippen LogP contribution in [0.2, 0.25) is 0 Å². The Morgan fingerprint density at radius 1 is 1.22 bits per heavy atom. The molecule has 3 N–H and O–H groups in total. The van der Waals surface area contributed by atoms with Crippen LogP contribution < -0.4 is 5.73 Å². The Kier molecular flexibility index (Phi) is 3.82. The maximum absolute atomic E-state index is 5.63. The van der Waals surface area contributed by atoms with E-state index in [0.29, 0.717) is 12.5 Å². The van der Waals surface area contributed by atoms with Crippen molar-refractivity contribution in [2.45, 2.75) is 33.1 Å². The lowest BCUT2D eigenvalue weighted by Gasteiger charge is -2.06. The minimum absolute atomic E-state index is 0.559. The van der Waals surface area contributed by atoms with Gasteiger partial charge in [0.2, 0.25) is 0 Å². The van der Waals surface area contributed by atoms with Crippen molar-refractivity contribution >= 4 is 0 Å². The Balaban J connectivity index is 2.35. The molecule has 1 aromatic heterocycles. The summed E-state index contributed by atoms with van der Waals surface area (Å²) < 4.78 is 0. The van der Waals surface area contributed by atoms with E-state index in [1.807, 2.05) is 6.92 Å². The molecule has 96 valence electrons. The maximum Gasteiger partial charge on any atom is 0.103 e. The standard InChI is InChI=1S/C15H21N3/c1-10(2)12-4-6-13(7-5-12)15-14(8-9-16)17-11(3)18-15/h4-7,10H,8-9,16H2,1-3H3,(H,17,18). The molecule has 0 saturated carbocycles. The fourth-order valence-corrected chi connectivity index (χ4v) is 2.13. The number of aromatic nitrogens is 2. The first-order chi connectivity index (χ1) is 8.61. The van der Waals surface area contributed by atoms with Crippen molar-refractivity contribution in [3.8, 4) is 11.3 Å². The van der Waals surface area contributed by atoms with Gasteiger partial charge in [-0.25, -0.2) is 4.98 Å². The van der Waals surface area contributed by atoms with Gasteiger partial charge in [0.05, 0.1) is 5.69 Å². The van der Waals surface area contributed by atoms with Gasteiger partial charge in [-0.3, -0.25) is 0 Å². The van der Waals surface area contributed by atoms with E-state index in [4.69, 9.17) is 5.73 Å². The van der Waals surface area contributed by atoms with E-state index in [-0.39, 0.29) is 0 Å². The molecule has 0 amide bonds. The van der Waals surface area contributed by atoms with E-state index in [1.54, 1.807) is 0 Å². The first kappa shape index (κ1) is 12.8. The second-order valence-electron chi connectivity index (χ2n) is 4.96. The third kappa shape index (κ3) is 2.62. The van der Waals surface area contributed by atoms with Crippen molar-refractivity contribution in [1.29, 1.82) is 0 Å². The molecule has 0 fully saturated rings. The zero-order valence-electron chi connectivity index (χ0n) is 11.3. The molecule has 2 aromatic rings. The number of nitrogens with two attached hydrogens (primary N) is 1. The quantitative estimate of drug-likeness (QED) is 0.867.